The monoisotopic (exact) mass is 276 g/mol. The first kappa shape index (κ1) is 14.3. The molecule has 1 aliphatic rings. The number of nitrogens with zero attached hydrogens (tertiary/aromatic N) is 1. The second kappa shape index (κ2) is 5.88. The highest BCUT2D eigenvalue weighted by Crippen LogP contribution is 2.34. The van der Waals surface area contributed by atoms with Crippen molar-refractivity contribution in [3.63, 3.8) is 0 Å². The molecule has 6 heteroatoms. The second-order valence-corrected chi connectivity index (χ2v) is 4.64. The van der Waals surface area contributed by atoms with E-state index in [0.717, 1.165) is 0 Å². The van der Waals surface area contributed by atoms with Gasteiger partial charge in [-0.2, -0.15) is 13.2 Å². The van der Waals surface area contributed by atoms with Crippen molar-refractivity contribution in [1.82, 2.24) is 10.2 Å². The van der Waals surface area contributed by atoms with Gasteiger partial charge in [0.1, 0.15) is 5.82 Å². The zero-order valence-electron chi connectivity index (χ0n) is 10.4. The van der Waals surface area contributed by atoms with E-state index in [1.807, 2.05) is 0 Å². The molecule has 1 N–H and O–H groups in total. The van der Waals surface area contributed by atoms with Crippen LogP contribution in [0.25, 0.3) is 0 Å². The molecule has 0 saturated carbocycles. The third kappa shape index (κ3) is 3.91. The van der Waals surface area contributed by atoms with Crippen molar-refractivity contribution in [2.75, 3.05) is 26.2 Å². The lowest BCUT2D eigenvalue weighted by Gasteiger charge is -2.35. The summed E-state index contributed by atoms with van der Waals surface area (Å²) >= 11 is 0. The van der Waals surface area contributed by atoms with Crippen molar-refractivity contribution < 1.29 is 17.6 Å². The van der Waals surface area contributed by atoms with E-state index in [4.69, 9.17) is 0 Å². The van der Waals surface area contributed by atoms with Crippen LogP contribution in [0.2, 0.25) is 0 Å². The van der Waals surface area contributed by atoms with Gasteiger partial charge < -0.3 is 5.32 Å². The number of benzene rings is 1. The molecule has 106 valence electrons. The Kier molecular flexibility index (Phi) is 4.42. The van der Waals surface area contributed by atoms with Gasteiger partial charge in [0, 0.05) is 37.8 Å². The molecule has 0 aliphatic carbocycles. The molecule has 19 heavy (non-hydrogen) atoms. The van der Waals surface area contributed by atoms with Crippen LogP contribution >= 0.6 is 0 Å². The molecule has 1 aliphatic heterocycles. The lowest BCUT2D eigenvalue weighted by Crippen LogP contribution is -2.46. The van der Waals surface area contributed by atoms with Crippen molar-refractivity contribution in [3.8, 4) is 0 Å². The average Bonchev–Trinajstić information content (AvgIpc) is 2.37. The topological polar surface area (TPSA) is 15.3 Å². The van der Waals surface area contributed by atoms with Crippen LogP contribution in [0.15, 0.2) is 24.3 Å². The molecule has 1 heterocycles. The Hall–Kier alpha value is -1.14. The lowest BCUT2D eigenvalue weighted by atomic mass is 10.0. The fourth-order valence-corrected chi connectivity index (χ4v) is 2.39. The number of rotatable bonds is 3. The Balaban J connectivity index is 2.25. The number of halogens is 4. The van der Waals surface area contributed by atoms with Gasteiger partial charge in [-0.15, -0.1) is 0 Å². The predicted molar refractivity (Wildman–Crippen MR) is 64.3 cm³/mol. The van der Waals surface area contributed by atoms with Crippen molar-refractivity contribution in [3.05, 3.63) is 35.6 Å². The number of hydrogen-bond acceptors (Lipinski definition) is 2. The molecule has 0 bridgehead atoms. The van der Waals surface area contributed by atoms with Crippen LogP contribution in [0.5, 0.6) is 0 Å². The fourth-order valence-electron chi connectivity index (χ4n) is 2.39. The maximum absolute atomic E-state index is 13.8. The number of alkyl halides is 3. The van der Waals surface area contributed by atoms with Gasteiger partial charge in [0.05, 0.1) is 6.42 Å². The van der Waals surface area contributed by atoms with Gasteiger partial charge >= 0.3 is 6.18 Å². The van der Waals surface area contributed by atoms with E-state index in [1.54, 1.807) is 11.0 Å². The molecular formula is C13H16F4N2. The average molecular weight is 276 g/mol. The molecule has 0 unspecified atom stereocenters. The fraction of sp³-hybridized carbons (Fsp3) is 0.538. The molecule has 0 amide bonds. The van der Waals surface area contributed by atoms with Gasteiger partial charge in [-0.25, -0.2) is 4.39 Å². The van der Waals surface area contributed by atoms with Crippen molar-refractivity contribution in [1.29, 1.82) is 0 Å². The summed E-state index contributed by atoms with van der Waals surface area (Å²) in [6, 6.07) is 4.77. The molecule has 1 aromatic rings. The molecule has 1 fully saturated rings. The summed E-state index contributed by atoms with van der Waals surface area (Å²) < 4.78 is 51.9. The Bertz CT molecular complexity index is 413. The predicted octanol–water partition coefficient (Wildman–Crippen LogP) is 2.72. The Morgan fingerprint density at radius 2 is 1.79 bits per heavy atom. The van der Waals surface area contributed by atoms with Gasteiger partial charge in [0.15, 0.2) is 0 Å². The van der Waals surface area contributed by atoms with E-state index >= 15 is 0 Å². The van der Waals surface area contributed by atoms with Gasteiger partial charge in [-0.3, -0.25) is 4.90 Å². The third-order valence-corrected chi connectivity index (χ3v) is 3.28. The van der Waals surface area contributed by atoms with Gasteiger partial charge in [0.2, 0.25) is 0 Å². The zero-order chi connectivity index (χ0) is 13.9. The van der Waals surface area contributed by atoms with E-state index in [1.165, 1.54) is 18.2 Å². The van der Waals surface area contributed by atoms with Gasteiger partial charge in [-0.05, 0) is 6.07 Å². The van der Waals surface area contributed by atoms with Crippen LogP contribution in [0.3, 0.4) is 0 Å². The number of piperazine rings is 1. The molecular weight excluding hydrogens is 260 g/mol. The van der Waals surface area contributed by atoms with E-state index in [9.17, 15) is 17.6 Å². The SMILES string of the molecule is Fc1ccccc1[C@H](CC(F)(F)F)N1CCNCC1. The molecule has 1 saturated heterocycles. The second-order valence-electron chi connectivity index (χ2n) is 4.64. The molecule has 1 aromatic carbocycles. The van der Waals surface area contributed by atoms with Crippen LogP contribution in [0.1, 0.15) is 18.0 Å². The minimum Gasteiger partial charge on any atom is -0.314 e. The van der Waals surface area contributed by atoms with Crippen LogP contribution < -0.4 is 5.32 Å². The first-order chi connectivity index (χ1) is 8.97. The zero-order valence-corrected chi connectivity index (χ0v) is 10.4. The summed E-state index contributed by atoms with van der Waals surface area (Å²) in [5, 5.41) is 3.08. The maximum atomic E-state index is 13.8. The molecule has 0 aromatic heterocycles. The van der Waals surface area contributed by atoms with Crippen LogP contribution in [0.4, 0.5) is 17.6 Å². The van der Waals surface area contributed by atoms with E-state index < -0.39 is 24.5 Å². The number of nitrogens with one attached hydrogen (secondary N) is 1. The number of hydrogen-bond donors (Lipinski definition) is 1. The van der Waals surface area contributed by atoms with Crippen molar-refractivity contribution in [2.24, 2.45) is 0 Å². The Labute approximate surface area is 109 Å². The summed E-state index contributed by atoms with van der Waals surface area (Å²) in [5.74, 6) is -0.574. The van der Waals surface area contributed by atoms with E-state index in [2.05, 4.69) is 5.32 Å². The molecule has 2 rings (SSSR count). The quantitative estimate of drug-likeness (QED) is 0.854. The molecule has 0 spiro atoms. The molecule has 0 radical (unpaired) electrons. The largest absolute Gasteiger partial charge is 0.390 e. The highest BCUT2D eigenvalue weighted by atomic mass is 19.4. The van der Waals surface area contributed by atoms with Gasteiger partial charge in [0.25, 0.3) is 0 Å². The van der Waals surface area contributed by atoms with E-state index in [-0.39, 0.29) is 5.56 Å². The highest BCUT2D eigenvalue weighted by Gasteiger charge is 2.36. The van der Waals surface area contributed by atoms with Crippen molar-refractivity contribution >= 4 is 0 Å². The molecule has 1 atom stereocenters. The Morgan fingerprint density at radius 1 is 1.16 bits per heavy atom. The Morgan fingerprint density at radius 3 is 2.37 bits per heavy atom. The van der Waals surface area contributed by atoms with Crippen LogP contribution in [-0.2, 0) is 0 Å². The van der Waals surface area contributed by atoms with Gasteiger partial charge in [-0.1, -0.05) is 18.2 Å². The minimum atomic E-state index is -4.31. The first-order valence-electron chi connectivity index (χ1n) is 6.23. The minimum absolute atomic E-state index is 0.127. The summed E-state index contributed by atoms with van der Waals surface area (Å²) in [7, 11) is 0. The summed E-state index contributed by atoms with van der Waals surface area (Å²) in [4.78, 5) is 1.70. The maximum Gasteiger partial charge on any atom is 0.390 e. The van der Waals surface area contributed by atoms with E-state index in [0.29, 0.717) is 26.2 Å². The van der Waals surface area contributed by atoms with Crippen LogP contribution in [0, 0.1) is 5.82 Å². The third-order valence-electron chi connectivity index (χ3n) is 3.28. The highest BCUT2D eigenvalue weighted by molar-refractivity contribution is 5.21. The normalized spacial score (nSPS) is 19.4. The lowest BCUT2D eigenvalue weighted by molar-refractivity contribution is -0.149. The standard InChI is InChI=1S/C13H16F4N2/c14-11-4-2-1-3-10(11)12(9-13(15,16)17)19-7-5-18-6-8-19/h1-4,12,18H,5-9H2/t12-/m0/s1. The first-order valence-corrected chi connectivity index (χ1v) is 6.23. The summed E-state index contributed by atoms with van der Waals surface area (Å²) in [5.41, 5.74) is 0.127. The van der Waals surface area contributed by atoms with Crippen LogP contribution in [-0.4, -0.2) is 37.3 Å². The summed E-state index contributed by atoms with van der Waals surface area (Å²) in [6.07, 6.45) is -5.33. The smallest absolute Gasteiger partial charge is 0.314 e. The molecule has 2 nitrogen and oxygen atoms in total. The summed E-state index contributed by atoms with van der Waals surface area (Å²) in [6.45, 7) is 2.25. The van der Waals surface area contributed by atoms with Crippen molar-refractivity contribution in [2.45, 2.75) is 18.6 Å².